The molecule has 0 saturated carbocycles. The molecular formula is C13H21NO3. The van der Waals surface area contributed by atoms with Crippen LogP contribution in [0.25, 0.3) is 0 Å². The molecule has 96 valence electrons. The van der Waals surface area contributed by atoms with E-state index < -0.39 is 0 Å². The fraction of sp³-hybridized carbons (Fsp3) is 0.538. The lowest BCUT2D eigenvalue weighted by Gasteiger charge is -2.22. The normalized spacial score (nSPS) is 12.4. The number of nitrogens with one attached hydrogen (secondary N) is 1. The minimum Gasteiger partial charge on any atom is -0.497 e. The Morgan fingerprint density at radius 1 is 1.24 bits per heavy atom. The van der Waals surface area contributed by atoms with E-state index in [0.717, 1.165) is 11.4 Å². The predicted octanol–water partition coefficient (Wildman–Crippen LogP) is 2.13. The highest BCUT2D eigenvalue weighted by Gasteiger charge is 2.14. The van der Waals surface area contributed by atoms with Gasteiger partial charge in [0.05, 0.1) is 32.6 Å². The second-order valence-electron chi connectivity index (χ2n) is 4.24. The lowest BCUT2D eigenvalue weighted by Crippen LogP contribution is -2.29. The van der Waals surface area contributed by atoms with Gasteiger partial charge in [-0.05, 0) is 18.1 Å². The Balaban J connectivity index is 2.89. The Morgan fingerprint density at radius 3 is 2.41 bits per heavy atom. The minimum atomic E-state index is 0.0114. The molecule has 0 aliphatic heterocycles. The zero-order valence-corrected chi connectivity index (χ0v) is 10.9. The Kier molecular flexibility index (Phi) is 5.10. The molecule has 0 radical (unpaired) electrons. The summed E-state index contributed by atoms with van der Waals surface area (Å²) in [7, 11) is 3.23. The second kappa shape index (κ2) is 6.35. The van der Waals surface area contributed by atoms with Crippen LogP contribution in [0.5, 0.6) is 11.5 Å². The molecule has 0 saturated heterocycles. The summed E-state index contributed by atoms with van der Waals surface area (Å²) in [6.07, 6.45) is 0. The Hall–Kier alpha value is -1.42. The van der Waals surface area contributed by atoms with Crippen LogP contribution in [0.1, 0.15) is 13.8 Å². The fourth-order valence-electron chi connectivity index (χ4n) is 1.54. The van der Waals surface area contributed by atoms with Crippen LogP contribution < -0.4 is 14.8 Å². The van der Waals surface area contributed by atoms with E-state index in [1.807, 2.05) is 18.2 Å². The highest BCUT2D eigenvalue weighted by Crippen LogP contribution is 2.30. The van der Waals surface area contributed by atoms with Crippen LogP contribution in [-0.4, -0.2) is 32.0 Å². The number of rotatable bonds is 6. The van der Waals surface area contributed by atoms with E-state index in [9.17, 15) is 5.11 Å². The van der Waals surface area contributed by atoms with E-state index in [0.29, 0.717) is 11.7 Å². The van der Waals surface area contributed by atoms with Crippen molar-refractivity contribution in [3.05, 3.63) is 18.2 Å². The monoisotopic (exact) mass is 239 g/mol. The number of hydrogen-bond acceptors (Lipinski definition) is 4. The van der Waals surface area contributed by atoms with Crippen LogP contribution in [0.4, 0.5) is 5.69 Å². The van der Waals surface area contributed by atoms with Crippen molar-refractivity contribution in [2.45, 2.75) is 19.9 Å². The van der Waals surface area contributed by atoms with Crippen LogP contribution >= 0.6 is 0 Å². The van der Waals surface area contributed by atoms with Gasteiger partial charge in [0.2, 0.25) is 0 Å². The summed E-state index contributed by atoms with van der Waals surface area (Å²) in [5, 5.41) is 12.6. The van der Waals surface area contributed by atoms with Gasteiger partial charge in [-0.2, -0.15) is 0 Å². The molecule has 0 heterocycles. The molecule has 0 spiro atoms. The SMILES string of the molecule is COc1ccc(NC(CO)C(C)C)c(OC)c1. The molecular weight excluding hydrogens is 218 g/mol. The van der Waals surface area contributed by atoms with Gasteiger partial charge in [-0.3, -0.25) is 0 Å². The standard InChI is InChI=1S/C13H21NO3/c1-9(2)12(8-15)14-11-6-5-10(16-3)7-13(11)17-4/h5-7,9,12,14-15H,8H2,1-4H3. The fourth-order valence-corrected chi connectivity index (χ4v) is 1.54. The van der Waals surface area contributed by atoms with Crippen molar-refractivity contribution in [3.63, 3.8) is 0 Å². The van der Waals surface area contributed by atoms with Gasteiger partial charge < -0.3 is 19.9 Å². The van der Waals surface area contributed by atoms with Crippen LogP contribution in [0, 0.1) is 5.92 Å². The van der Waals surface area contributed by atoms with Crippen molar-refractivity contribution >= 4 is 5.69 Å². The van der Waals surface area contributed by atoms with Gasteiger partial charge in [0.15, 0.2) is 0 Å². The van der Waals surface area contributed by atoms with Gasteiger partial charge in [0.1, 0.15) is 11.5 Å². The van der Waals surface area contributed by atoms with Crippen molar-refractivity contribution in [1.82, 2.24) is 0 Å². The first-order chi connectivity index (χ1) is 8.12. The number of methoxy groups -OCH3 is 2. The molecule has 1 rings (SSSR count). The van der Waals surface area contributed by atoms with Gasteiger partial charge >= 0.3 is 0 Å². The molecule has 1 atom stereocenters. The summed E-state index contributed by atoms with van der Waals surface area (Å²) in [6, 6.07) is 5.58. The molecule has 0 bridgehead atoms. The maximum Gasteiger partial charge on any atom is 0.145 e. The molecule has 0 aliphatic carbocycles. The third-order valence-electron chi connectivity index (χ3n) is 2.75. The first-order valence-corrected chi connectivity index (χ1v) is 5.71. The maximum absolute atomic E-state index is 9.29. The van der Waals surface area contributed by atoms with Crippen molar-refractivity contribution in [1.29, 1.82) is 0 Å². The van der Waals surface area contributed by atoms with E-state index in [4.69, 9.17) is 9.47 Å². The molecule has 2 N–H and O–H groups in total. The molecule has 1 aromatic rings. The average Bonchev–Trinajstić information content (AvgIpc) is 2.35. The van der Waals surface area contributed by atoms with E-state index in [2.05, 4.69) is 19.2 Å². The third-order valence-corrected chi connectivity index (χ3v) is 2.75. The topological polar surface area (TPSA) is 50.7 Å². The summed E-state index contributed by atoms with van der Waals surface area (Å²) in [6.45, 7) is 4.21. The number of hydrogen-bond donors (Lipinski definition) is 2. The largest absolute Gasteiger partial charge is 0.497 e. The van der Waals surface area contributed by atoms with Gasteiger partial charge in [0, 0.05) is 6.07 Å². The average molecular weight is 239 g/mol. The minimum absolute atomic E-state index is 0.0114. The van der Waals surface area contributed by atoms with Gasteiger partial charge in [-0.1, -0.05) is 13.8 Å². The van der Waals surface area contributed by atoms with Crippen LogP contribution in [0.3, 0.4) is 0 Å². The van der Waals surface area contributed by atoms with E-state index >= 15 is 0 Å². The zero-order chi connectivity index (χ0) is 12.8. The van der Waals surface area contributed by atoms with E-state index in [-0.39, 0.29) is 12.6 Å². The second-order valence-corrected chi connectivity index (χ2v) is 4.24. The Bertz CT molecular complexity index is 353. The Morgan fingerprint density at radius 2 is 1.94 bits per heavy atom. The van der Waals surface area contributed by atoms with Crippen molar-refractivity contribution in [3.8, 4) is 11.5 Å². The number of aliphatic hydroxyl groups excluding tert-OH is 1. The molecule has 0 fully saturated rings. The number of anilines is 1. The number of benzene rings is 1. The van der Waals surface area contributed by atoms with Crippen LogP contribution in [-0.2, 0) is 0 Å². The molecule has 4 nitrogen and oxygen atoms in total. The first kappa shape index (κ1) is 13.6. The molecule has 0 aromatic heterocycles. The van der Waals surface area contributed by atoms with Crippen LogP contribution in [0.15, 0.2) is 18.2 Å². The lowest BCUT2D eigenvalue weighted by molar-refractivity contribution is 0.249. The lowest BCUT2D eigenvalue weighted by atomic mass is 10.0. The zero-order valence-electron chi connectivity index (χ0n) is 10.9. The summed E-state index contributed by atoms with van der Waals surface area (Å²) in [4.78, 5) is 0. The molecule has 0 amide bonds. The summed E-state index contributed by atoms with van der Waals surface area (Å²) < 4.78 is 10.4. The smallest absolute Gasteiger partial charge is 0.145 e. The van der Waals surface area contributed by atoms with Gasteiger partial charge in [0.25, 0.3) is 0 Å². The Labute approximate surface area is 103 Å². The van der Waals surface area contributed by atoms with E-state index in [1.165, 1.54) is 0 Å². The summed E-state index contributed by atoms with van der Waals surface area (Å²) in [5.41, 5.74) is 0.862. The molecule has 1 aromatic carbocycles. The van der Waals surface area contributed by atoms with Gasteiger partial charge in [-0.15, -0.1) is 0 Å². The van der Waals surface area contributed by atoms with Crippen molar-refractivity contribution in [2.24, 2.45) is 5.92 Å². The number of ether oxygens (including phenoxy) is 2. The van der Waals surface area contributed by atoms with Crippen molar-refractivity contribution in [2.75, 3.05) is 26.1 Å². The number of aliphatic hydroxyl groups is 1. The highest BCUT2D eigenvalue weighted by molar-refractivity contribution is 5.59. The third kappa shape index (κ3) is 3.53. The summed E-state index contributed by atoms with van der Waals surface area (Å²) >= 11 is 0. The quantitative estimate of drug-likeness (QED) is 0.798. The predicted molar refractivity (Wildman–Crippen MR) is 68.9 cm³/mol. The molecule has 4 heteroatoms. The maximum atomic E-state index is 9.29. The highest BCUT2D eigenvalue weighted by atomic mass is 16.5. The van der Waals surface area contributed by atoms with Gasteiger partial charge in [-0.25, -0.2) is 0 Å². The summed E-state index contributed by atoms with van der Waals surface area (Å²) in [5.74, 6) is 1.80. The van der Waals surface area contributed by atoms with Crippen molar-refractivity contribution < 1.29 is 14.6 Å². The molecule has 17 heavy (non-hydrogen) atoms. The van der Waals surface area contributed by atoms with Crippen LogP contribution in [0.2, 0.25) is 0 Å². The first-order valence-electron chi connectivity index (χ1n) is 5.71. The molecule has 0 aliphatic rings. The molecule has 1 unspecified atom stereocenters. The van der Waals surface area contributed by atoms with E-state index in [1.54, 1.807) is 14.2 Å².